The molecular formula is C7H6NO3P. The Bertz CT molecular complexity index is 313. The van der Waals surface area contributed by atoms with Crippen molar-refractivity contribution in [3.63, 3.8) is 0 Å². The van der Waals surface area contributed by atoms with Crippen molar-refractivity contribution >= 4 is 14.1 Å². The second kappa shape index (κ2) is 3.93. The van der Waals surface area contributed by atoms with Gasteiger partial charge < -0.3 is 0 Å². The molecule has 0 heterocycles. The summed E-state index contributed by atoms with van der Waals surface area (Å²) in [6, 6.07) is 6.12. The molecule has 1 aromatic carbocycles. The summed E-state index contributed by atoms with van der Waals surface area (Å²) in [5, 5.41) is 10.3. The standard InChI is InChI=1S/C7H6NO3P/c9-8(10)7-3-1-2-6(4-7)5-12-11/h1-4H,5H2. The van der Waals surface area contributed by atoms with Crippen LogP contribution in [-0.2, 0) is 10.7 Å². The van der Waals surface area contributed by atoms with Gasteiger partial charge >= 0.3 is 0 Å². The van der Waals surface area contributed by atoms with Crippen LogP contribution in [0.3, 0.4) is 0 Å². The van der Waals surface area contributed by atoms with E-state index in [1.165, 1.54) is 12.1 Å². The fraction of sp³-hybridized carbons (Fsp3) is 0.143. The fourth-order valence-electron chi connectivity index (χ4n) is 0.843. The highest BCUT2D eigenvalue weighted by molar-refractivity contribution is 7.22. The van der Waals surface area contributed by atoms with Crippen molar-refractivity contribution in [2.24, 2.45) is 0 Å². The van der Waals surface area contributed by atoms with Crippen LogP contribution in [0.4, 0.5) is 5.69 Å². The maximum absolute atomic E-state index is 10.3. The van der Waals surface area contributed by atoms with Crippen molar-refractivity contribution in [1.82, 2.24) is 0 Å². The quantitative estimate of drug-likeness (QED) is 0.410. The predicted octanol–water partition coefficient (Wildman–Crippen LogP) is 2.39. The van der Waals surface area contributed by atoms with Crippen LogP contribution >= 0.6 is 8.46 Å². The first-order chi connectivity index (χ1) is 5.74. The number of hydrogen-bond donors (Lipinski definition) is 0. The minimum Gasteiger partial charge on any atom is -0.275 e. The number of rotatable bonds is 3. The first-order valence-corrected chi connectivity index (χ1v) is 4.26. The van der Waals surface area contributed by atoms with Gasteiger partial charge in [0.05, 0.1) is 11.1 Å². The topological polar surface area (TPSA) is 60.2 Å². The van der Waals surface area contributed by atoms with Crippen LogP contribution in [0.2, 0.25) is 0 Å². The Balaban J connectivity index is 2.95. The molecule has 1 aromatic rings. The molecule has 0 spiro atoms. The monoisotopic (exact) mass is 183 g/mol. The molecule has 0 bridgehead atoms. The number of hydrogen-bond acceptors (Lipinski definition) is 3. The maximum Gasteiger partial charge on any atom is 0.269 e. The van der Waals surface area contributed by atoms with E-state index in [2.05, 4.69) is 0 Å². The predicted molar refractivity (Wildman–Crippen MR) is 44.4 cm³/mol. The molecule has 0 radical (unpaired) electrons. The smallest absolute Gasteiger partial charge is 0.269 e. The minimum atomic E-state index is -0.467. The lowest BCUT2D eigenvalue weighted by Gasteiger charge is -1.93. The van der Waals surface area contributed by atoms with Crippen LogP contribution in [0.15, 0.2) is 24.3 Å². The Kier molecular flexibility index (Phi) is 2.88. The third kappa shape index (κ3) is 2.10. The van der Waals surface area contributed by atoms with Crippen LogP contribution in [0.1, 0.15) is 5.56 Å². The normalized spacial score (nSPS) is 10.0. The second-order valence-corrected chi connectivity index (χ2v) is 2.79. The van der Waals surface area contributed by atoms with Crippen molar-refractivity contribution in [3.05, 3.63) is 39.9 Å². The van der Waals surface area contributed by atoms with E-state index in [1.807, 2.05) is 0 Å². The minimum absolute atomic E-state index is 0.0225. The van der Waals surface area contributed by atoms with Gasteiger partial charge in [-0.25, -0.2) is 0 Å². The zero-order valence-corrected chi connectivity index (χ0v) is 7.03. The van der Waals surface area contributed by atoms with Crippen LogP contribution in [0.5, 0.6) is 0 Å². The molecule has 0 aliphatic rings. The van der Waals surface area contributed by atoms with Crippen molar-refractivity contribution in [2.75, 3.05) is 0 Å². The number of benzene rings is 1. The third-order valence-corrected chi connectivity index (χ3v) is 1.86. The molecule has 0 N–H and O–H groups in total. The van der Waals surface area contributed by atoms with E-state index in [-0.39, 0.29) is 14.1 Å². The number of nitrogens with zero attached hydrogens (tertiary/aromatic N) is 1. The lowest BCUT2D eigenvalue weighted by Crippen LogP contribution is -1.88. The molecule has 0 fully saturated rings. The summed E-state index contributed by atoms with van der Waals surface area (Å²) in [5.41, 5.74) is 0.747. The Morgan fingerprint density at radius 2 is 2.25 bits per heavy atom. The van der Waals surface area contributed by atoms with E-state index in [1.54, 1.807) is 12.1 Å². The third-order valence-electron chi connectivity index (χ3n) is 1.37. The van der Waals surface area contributed by atoms with Gasteiger partial charge in [0.2, 0.25) is 0 Å². The van der Waals surface area contributed by atoms with E-state index >= 15 is 0 Å². The Morgan fingerprint density at radius 1 is 1.50 bits per heavy atom. The molecule has 62 valence electrons. The van der Waals surface area contributed by atoms with Crippen molar-refractivity contribution in [1.29, 1.82) is 0 Å². The van der Waals surface area contributed by atoms with Crippen LogP contribution in [0.25, 0.3) is 0 Å². The molecule has 5 heteroatoms. The van der Waals surface area contributed by atoms with E-state index in [4.69, 9.17) is 0 Å². The van der Waals surface area contributed by atoms with Crippen LogP contribution in [0, 0.1) is 10.1 Å². The molecule has 0 atom stereocenters. The summed E-state index contributed by atoms with van der Waals surface area (Å²) in [6.07, 6.45) is 0.321. The summed E-state index contributed by atoms with van der Waals surface area (Å²) in [5.74, 6) is 0. The van der Waals surface area contributed by atoms with Crippen molar-refractivity contribution in [2.45, 2.75) is 6.16 Å². The lowest BCUT2D eigenvalue weighted by atomic mass is 10.2. The number of nitro benzene ring substituents is 1. The molecule has 1 rings (SSSR count). The van der Waals surface area contributed by atoms with Gasteiger partial charge in [0, 0.05) is 12.1 Å². The number of non-ortho nitro benzene ring substituents is 1. The van der Waals surface area contributed by atoms with Gasteiger partial charge in [0.1, 0.15) is 0 Å². The average molecular weight is 183 g/mol. The van der Waals surface area contributed by atoms with Crippen LogP contribution < -0.4 is 0 Å². The van der Waals surface area contributed by atoms with Gasteiger partial charge in [-0.3, -0.25) is 14.7 Å². The van der Waals surface area contributed by atoms with Gasteiger partial charge in [-0.05, 0) is 5.56 Å². The molecule has 4 nitrogen and oxygen atoms in total. The average Bonchev–Trinajstić information content (AvgIpc) is 2.05. The summed E-state index contributed by atoms with van der Waals surface area (Å²) in [7, 11) is -0.0225. The zero-order chi connectivity index (χ0) is 8.97. The molecule has 0 aromatic heterocycles. The second-order valence-electron chi connectivity index (χ2n) is 2.21. The Labute approximate surface area is 70.6 Å². The fourth-order valence-corrected chi connectivity index (χ4v) is 1.19. The van der Waals surface area contributed by atoms with Gasteiger partial charge in [-0.1, -0.05) is 12.1 Å². The van der Waals surface area contributed by atoms with Crippen molar-refractivity contribution < 1.29 is 9.49 Å². The first-order valence-electron chi connectivity index (χ1n) is 3.26. The van der Waals surface area contributed by atoms with Crippen LogP contribution in [-0.4, -0.2) is 4.92 Å². The highest BCUT2D eigenvalue weighted by Crippen LogP contribution is 2.16. The van der Waals surface area contributed by atoms with Gasteiger partial charge in [0.15, 0.2) is 8.46 Å². The summed E-state index contributed by atoms with van der Waals surface area (Å²) in [6.45, 7) is 0. The summed E-state index contributed by atoms with van der Waals surface area (Å²) in [4.78, 5) is 9.82. The number of nitro groups is 1. The summed E-state index contributed by atoms with van der Waals surface area (Å²) >= 11 is 0. The molecule has 12 heavy (non-hydrogen) atoms. The van der Waals surface area contributed by atoms with Gasteiger partial charge in [0.25, 0.3) is 5.69 Å². The molecule has 0 aliphatic carbocycles. The Hall–Kier alpha value is -1.28. The maximum atomic E-state index is 10.3. The molecule has 0 saturated heterocycles. The summed E-state index contributed by atoms with van der Waals surface area (Å²) < 4.78 is 10.2. The molecule has 0 amide bonds. The first kappa shape index (κ1) is 8.81. The molecule has 0 saturated carbocycles. The van der Waals surface area contributed by atoms with E-state index in [0.717, 1.165) is 0 Å². The molecular weight excluding hydrogens is 177 g/mol. The largest absolute Gasteiger partial charge is 0.275 e. The Morgan fingerprint density at radius 3 is 2.83 bits per heavy atom. The molecule has 0 aliphatic heterocycles. The van der Waals surface area contributed by atoms with E-state index in [0.29, 0.717) is 11.7 Å². The zero-order valence-electron chi connectivity index (χ0n) is 6.14. The van der Waals surface area contributed by atoms with Gasteiger partial charge in [-0.2, -0.15) is 0 Å². The van der Waals surface area contributed by atoms with E-state index in [9.17, 15) is 14.7 Å². The van der Waals surface area contributed by atoms with E-state index < -0.39 is 4.92 Å². The highest BCUT2D eigenvalue weighted by atomic mass is 31.1. The highest BCUT2D eigenvalue weighted by Gasteiger charge is 2.04. The lowest BCUT2D eigenvalue weighted by molar-refractivity contribution is -0.384. The van der Waals surface area contributed by atoms with Gasteiger partial charge in [-0.15, -0.1) is 0 Å². The molecule has 0 unspecified atom stereocenters. The SMILES string of the molecule is O=PCc1cccc([N+](=O)[O-])c1. The van der Waals surface area contributed by atoms with Crippen molar-refractivity contribution in [3.8, 4) is 0 Å².